The summed E-state index contributed by atoms with van der Waals surface area (Å²) < 4.78 is 11.1. The number of carbonyl (C=O) groups is 2. The number of aryl methyl sites for hydroxylation is 2. The van der Waals surface area contributed by atoms with Crippen molar-refractivity contribution >= 4 is 17.4 Å². The van der Waals surface area contributed by atoms with Crippen LogP contribution >= 0.6 is 0 Å². The number of hydrogen-bond acceptors (Lipinski definition) is 5. The number of ether oxygens (including phenoxy) is 2. The minimum atomic E-state index is -0.658. The number of carbonyl (C=O) groups excluding carboxylic acids is 2. The Bertz CT molecular complexity index is 1100. The van der Waals surface area contributed by atoms with E-state index in [1.54, 1.807) is 11.0 Å². The number of rotatable bonds is 6. The third-order valence-corrected chi connectivity index (χ3v) is 6.58. The molecule has 2 aromatic carbocycles. The second kappa shape index (κ2) is 9.30. The normalized spacial score (nSPS) is 20.5. The van der Waals surface area contributed by atoms with Gasteiger partial charge in [-0.1, -0.05) is 31.0 Å². The zero-order chi connectivity index (χ0) is 23.7. The molecule has 2 fully saturated rings. The maximum absolute atomic E-state index is 13.3. The molecule has 2 aliphatic rings. The average molecular weight is 450 g/mol. The van der Waals surface area contributed by atoms with Gasteiger partial charge in [0.25, 0.3) is 11.7 Å². The minimum absolute atomic E-state index is 0.0236. The lowest BCUT2D eigenvalue weighted by Crippen LogP contribution is -2.37. The minimum Gasteiger partial charge on any atom is -0.507 e. The van der Waals surface area contributed by atoms with Crippen molar-refractivity contribution in [3.05, 3.63) is 64.2 Å². The molecule has 1 atom stereocenters. The number of methoxy groups -OCH3 is 1. The molecule has 1 saturated heterocycles. The number of aliphatic hydroxyl groups excluding tert-OH is 1. The molecular weight excluding hydrogens is 418 g/mol. The van der Waals surface area contributed by atoms with Crippen LogP contribution in [-0.2, 0) is 9.59 Å². The fourth-order valence-electron chi connectivity index (χ4n) is 5.20. The van der Waals surface area contributed by atoms with Gasteiger partial charge in [0.1, 0.15) is 17.3 Å². The number of amides is 1. The Morgan fingerprint density at radius 2 is 1.76 bits per heavy atom. The number of aliphatic hydroxyl groups is 1. The van der Waals surface area contributed by atoms with Crippen LogP contribution in [0.3, 0.4) is 0 Å². The predicted molar refractivity (Wildman–Crippen MR) is 126 cm³/mol. The van der Waals surface area contributed by atoms with Crippen molar-refractivity contribution in [3.63, 3.8) is 0 Å². The number of hydrogen-bond donors (Lipinski definition) is 1. The van der Waals surface area contributed by atoms with Gasteiger partial charge in [0.05, 0.1) is 30.9 Å². The van der Waals surface area contributed by atoms with Crippen LogP contribution in [0.5, 0.6) is 11.5 Å². The van der Waals surface area contributed by atoms with Gasteiger partial charge in [-0.05, 0) is 68.5 Å². The maximum atomic E-state index is 13.3. The van der Waals surface area contributed by atoms with Gasteiger partial charge < -0.3 is 19.5 Å². The Hall–Kier alpha value is -3.28. The summed E-state index contributed by atoms with van der Waals surface area (Å²) in [5, 5.41) is 11.5. The van der Waals surface area contributed by atoms with Crippen LogP contribution in [0.15, 0.2) is 42.0 Å². The number of likely N-dealkylation sites (tertiary alicyclic amines) is 1. The van der Waals surface area contributed by atoms with E-state index in [2.05, 4.69) is 0 Å². The SMILES string of the molecule is CCOc1ccc(C2/C(=C(\O)c3cc(C)cc(C)c3OC)C(=O)C(=O)N2C2CCCC2)cc1. The quantitative estimate of drug-likeness (QED) is 0.378. The van der Waals surface area contributed by atoms with Crippen molar-refractivity contribution in [3.8, 4) is 11.5 Å². The van der Waals surface area contributed by atoms with E-state index in [9.17, 15) is 14.7 Å². The molecule has 6 nitrogen and oxygen atoms in total. The molecule has 1 aliphatic carbocycles. The van der Waals surface area contributed by atoms with Gasteiger partial charge >= 0.3 is 0 Å². The van der Waals surface area contributed by atoms with Crippen LogP contribution in [0.2, 0.25) is 0 Å². The molecule has 0 radical (unpaired) electrons. The summed E-state index contributed by atoms with van der Waals surface area (Å²) in [5.41, 5.74) is 3.09. The molecule has 1 unspecified atom stereocenters. The molecule has 6 heteroatoms. The number of nitrogens with zero attached hydrogens (tertiary/aromatic N) is 1. The Kier molecular flexibility index (Phi) is 6.45. The molecule has 4 rings (SSSR count). The van der Waals surface area contributed by atoms with Gasteiger partial charge in [-0.3, -0.25) is 9.59 Å². The molecule has 174 valence electrons. The standard InChI is InChI=1S/C27H31NO5/c1-5-33-20-12-10-18(11-13-20)23-22(25(30)27(31)28(23)19-8-6-7-9-19)24(29)21-15-16(2)14-17(3)26(21)32-4/h10-15,19,23,29H,5-9H2,1-4H3/b24-22+. The molecule has 1 heterocycles. The lowest BCUT2D eigenvalue weighted by Gasteiger charge is -2.31. The Morgan fingerprint density at radius 1 is 1.09 bits per heavy atom. The molecule has 2 aromatic rings. The molecule has 33 heavy (non-hydrogen) atoms. The zero-order valence-electron chi connectivity index (χ0n) is 19.7. The summed E-state index contributed by atoms with van der Waals surface area (Å²) in [6.45, 7) is 6.28. The van der Waals surface area contributed by atoms with Gasteiger partial charge in [-0.25, -0.2) is 0 Å². The monoisotopic (exact) mass is 449 g/mol. The summed E-state index contributed by atoms with van der Waals surface area (Å²) in [6, 6.07) is 10.5. The topological polar surface area (TPSA) is 76.1 Å². The van der Waals surface area contributed by atoms with Crippen molar-refractivity contribution in [1.82, 2.24) is 4.90 Å². The molecule has 0 aromatic heterocycles. The maximum Gasteiger partial charge on any atom is 0.295 e. The van der Waals surface area contributed by atoms with Gasteiger partial charge in [0.15, 0.2) is 0 Å². The van der Waals surface area contributed by atoms with E-state index in [-0.39, 0.29) is 17.4 Å². The number of benzene rings is 2. The largest absolute Gasteiger partial charge is 0.507 e. The summed E-state index contributed by atoms with van der Waals surface area (Å²) in [5.74, 6) is -0.188. The third kappa shape index (κ3) is 4.10. The van der Waals surface area contributed by atoms with Crippen molar-refractivity contribution in [1.29, 1.82) is 0 Å². The molecule has 0 bridgehead atoms. The van der Waals surface area contributed by atoms with E-state index in [1.807, 2.05) is 51.1 Å². The van der Waals surface area contributed by atoms with Crippen molar-refractivity contribution < 1.29 is 24.2 Å². The van der Waals surface area contributed by atoms with Crippen LogP contribution in [0.1, 0.15) is 60.9 Å². The molecule has 1 aliphatic heterocycles. The molecule has 1 amide bonds. The Balaban J connectivity index is 1.91. The van der Waals surface area contributed by atoms with E-state index in [0.29, 0.717) is 17.9 Å². The molecule has 0 spiro atoms. The van der Waals surface area contributed by atoms with Crippen molar-refractivity contribution in [2.45, 2.75) is 58.5 Å². The number of Topliss-reactive ketones (excluding diaryl/α,β-unsaturated/α-hetero) is 1. The van der Waals surface area contributed by atoms with Crippen LogP contribution in [-0.4, -0.2) is 41.5 Å². The van der Waals surface area contributed by atoms with E-state index in [0.717, 1.165) is 48.1 Å². The smallest absolute Gasteiger partial charge is 0.295 e. The van der Waals surface area contributed by atoms with E-state index >= 15 is 0 Å². The summed E-state index contributed by atoms with van der Waals surface area (Å²) in [7, 11) is 1.54. The Morgan fingerprint density at radius 3 is 2.36 bits per heavy atom. The average Bonchev–Trinajstić information content (AvgIpc) is 3.40. The highest BCUT2D eigenvalue weighted by molar-refractivity contribution is 6.46. The second-order valence-corrected chi connectivity index (χ2v) is 8.81. The first-order valence-electron chi connectivity index (χ1n) is 11.6. The highest BCUT2D eigenvalue weighted by atomic mass is 16.5. The highest BCUT2D eigenvalue weighted by Crippen LogP contribution is 2.45. The first kappa shape index (κ1) is 22.9. The van der Waals surface area contributed by atoms with Crippen molar-refractivity contribution in [2.75, 3.05) is 13.7 Å². The molecule has 1 N–H and O–H groups in total. The van der Waals surface area contributed by atoms with Gasteiger partial charge in [0, 0.05) is 6.04 Å². The first-order valence-corrected chi connectivity index (χ1v) is 11.6. The van der Waals surface area contributed by atoms with Gasteiger partial charge in [-0.2, -0.15) is 0 Å². The van der Waals surface area contributed by atoms with Crippen LogP contribution in [0.25, 0.3) is 5.76 Å². The lowest BCUT2D eigenvalue weighted by molar-refractivity contribution is -0.141. The van der Waals surface area contributed by atoms with E-state index in [4.69, 9.17) is 9.47 Å². The Labute approximate surface area is 194 Å². The van der Waals surface area contributed by atoms with Crippen LogP contribution in [0, 0.1) is 13.8 Å². The molecule has 1 saturated carbocycles. The second-order valence-electron chi connectivity index (χ2n) is 8.81. The first-order chi connectivity index (χ1) is 15.9. The number of ketones is 1. The van der Waals surface area contributed by atoms with Crippen molar-refractivity contribution in [2.24, 2.45) is 0 Å². The summed E-state index contributed by atoms with van der Waals surface area (Å²) in [6.07, 6.45) is 3.75. The fourth-order valence-corrected chi connectivity index (χ4v) is 5.20. The van der Waals surface area contributed by atoms with Gasteiger partial charge in [-0.15, -0.1) is 0 Å². The highest BCUT2D eigenvalue weighted by Gasteiger charge is 2.49. The summed E-state index contributed by atoms with van der Waals surface area (Å²) >= 11 is 0. The van der Waals surface area contributed by atoms with Crippen LogP contribution < -0.4 is 9.47 Å². The lowest BCUT2D eigenvalue weighted by atomic mass is 9.93. The predicted octanol–water partition coefficient (Wildman–Crippen LogP) is 5.08. The third-order valence-electron chi connectivity index (χ3n) is 6.58. The summed E-state index contributed by atoms with van der Waals surface area (Å²) in [4.78, 5) is 28.3. The zero-order valence-corrected chi connectivity index (χ0v) is 19.7. The fraction of sp³-hybridized carbons (Fsp3) is 0.407. The van der Waals surface area contributed by atoms with E-state index < -0.39 is 17.7 Å². The molecular formula is C27H31NO5. The van der Waals surface area contributed by atoms with Gasteiger partial charge in [0.2, 0.25) is 0 Å². The van der Waals surface area contributed by atoms with Crippen LogP contribution in [0.4, 0.5) is 0 Å². The van der Waals surface area contributed by atoms with E-state index in [1.165, 1.54) is 7.11 Å².